The van der Waals surface area contributed by atoms with Crippen molar-refractivity contribution >= 4 is 0 Å². The van der Waals surface area contributed by atoms with Crippen molar-refractivity contribution in [2.75, 3.05) is 6.61 Å². The van der Waals surface area contributed by atoms with E-state index in [0.717, 1.165) is 5.56 Å². The fourth-order valence-electron chi connectivity index (χ4n) is 1.53. The molecular formula is C12H17F2NO. The first-order chi connectivity index (χ1) is 7.54. The Morgan fingerprint density at radius 3 is 2.00 bits per heavy atom. The van der Waals surface area contributed by atoms with Gasteiger partial charge in [-0.05, 0) is 5.56 Å². The van der Waals surface area contributed by atoms with Crippen molar-refractivity contribution in [3.8, 4) is 0 Å². The van der Waals surface area contributed by atoms with Crippen LogP contribution in [0.5, 0.6) is 0 Å². The molecule has 2 N–H and O–H groups in total. The molecule has 0 bridgehead atoms. The molecule has 0 saturated carbocycles. The zero-order valence-corrected chi connectivity index (χ0v) is 9.45. The minimum atomic E-state index is -2.44. The number of benzene rings is 1. The topological polar surface area (TPSA) is 32.3 Å². The van der Waals surface area contributed by atoms with Gasteiger partial charge < -0.3 is 10.4 Å². The van der Waals surface area contributed by atoms with Gasteiger partial charge in [0.2, 0.25) is 0 Å². The Hall–Kier alpha value is -1.00. The maximum atomic E-state index is 12.3. The summed E-state index contributed by atoms with van der Waals surface area (Å²) in [6, 6.07) is 6.06. The predicted octanol–water partition coefficient (Wildman–Crippen LogP) is 2.66. The van der Waals surface area contributed by atoms with E-state index < -0.39 is 6.43 Å². The number of hydrogen-bond donors (Lipinski definition) is 2. The van der Waals surface area contributed by atoms with Crippen molar-refractivity contribution in [1.29, 1.82) is 0 Å². The smallest absolute Gasteiger partial charge is 0.263 e. The first kappa shape index (κ1) is 13.1. The molecule has 0 heterocycles. The molecular weight excluding hydrogens is 212 g/mol. The van der Waals surface area contributed by atoms with E-state index in [0.29, 0.717) is 0 Å². The van der Waals surface area contributed by atoms with Crippen molar-refractivity contribution in [2.24, 2.45) is 0 Å². The fourth-order valence-corrected chi connectivity index (χ4v) is 1.53. The van der Waals surface area contributed by atoms with Crippen LogP contribution in [0.3, 0.4) is 0 Å². The van der Waals surface area contributed by atoms with Gasteiger partial charge in [0.25, 0.3) is 6.43 Å². The third-order valence-corrected chi connectivity index (χ3v) is 2.31. The summed E-state index contributed by atoms with van der Waals surface area (Å²) in [7, 11) is 0. The Bertz CT molecular complexity index is 311. The van der Waals surface area contributed by atoms with Gasteiger partial charge in [-0.1, -0.05) is 38.1 Å². The minimum Gasteiger partial charge on any atom is -0.394 e. The highest BCUT2D eigenvalue weighted by Crippen LogP contribution is 2.21. The molecule has 0 aromatic heterocycles. The second-order valence-corrected chi connectivity index (χ2v) is 4.02. The lowest BCUT2D eigenvalue weighted by molar-refractivity contribution is 0.151. The monoisotopic (exact) mass is 229 g/mol. The van der Waals surface area contributed by atoms with Crippen molar-refractivity contribution in [3.05, 3.63) is 35.4 Å². The number of hydrogen-bond acceptors (Lipinski definition) is 2. The van der Waals surface area contributed by atoms with E-state index in [4.69, 9.17) is 0 Å². The molecule has 1 unspecified atom stereocenters. The highest BCUT2D eigenvalue weighted by atomic mass is 19.3. The summed E-state index contributed by atoms with van der Waals surface area (Å²) < 4.78 is 24.7. The molecule has 0 fully saturated rings. The van der Waals surface area contributed by atoms with Crippen LogP contribution in [-0.4, -0.2) is 17.8 Å². The van der Waals surface area contributed by atoms with Gasteiger partial charge >= 0.3 is 0 Å². The number of rotatable bonds is 5. The summed E-state index contributed by atoms with van der Waals surface area (Å²) in [4.78, 5) is 0. The lowest BCUT2D eigenvalue weighted by Gasteiger charge is -2.19. The summed E-state index contributed by atoms with van der Waals surface area (Å²) >= 11 is 0. The summed E-state index contributed by atoms with van der Waals surface area (Å²) in [5.41, 5.74) is 0.825. The Kier molecular flexibility index (Phi) is 4.83. The zero-order valence-electron chi connectivity index (χ0n) is 9.45. The highest BCUT2D eigenvalue weighted by Gasteiger charge is 2.12. The summed E-state index contributed by atoms with van der Waals surface area (Å²) in [5.74, 6) is 0. The first-order valence-corrected chi connectivity index (χ1v) is 5.29. The second kappa shape index (κ2) is 5.92. The Morgan fingerprint density at radius 1 is 1.12 bits per heavy atom. The van der Waals surface area contributed by atoms with E-state index in [1.165, 1.54) is 12.1 Å². The van der Waals surface area contributed by atoms with Crippen LogP contribution in [-0.2, 0) is 0 Å². The van der Waals surface area contributed by atoms with Crippen LogP contribution in [0.25, 0.3) is 0 Å². The third-order valence-electron chi connectivity index (χ3n) is 2.31. The van der Waals surface area contributed by atoms with Crippen LogP contribution in [0.15, 0.2) is 24.3 Å². The van der Waals surface area contributed by atoms with Gasteiger partial charge in [-0.2, -0.15) is 0 Å². The van der Waals surface area contributed by atoms with Gasteiger partial charge in [0.05, 0.1) is 12.6 Å². The molecule has 0 spiro atoms. The number of nitrogens with one attached hydrogen (secondary N) is 1. The molecule has 1 aromatic rings. The molecule has 4 heteroatoms. The number of alkyl halides is 2. The van der Waals surface area contributed by atoms with Gasteiger partial charge in [-0.3, -0.25) is 0 Å². The Labute approximate surface area is 94.3 Å². The fraction of sp³-hybridized carbons (Fsp3) is 0.500. The maximum absolute atomic E-state index is 12.3. The van der Waals surface area contributed by atoms with Crippen molar-refractivity contribution in [2.45, 2.75) is 32.4 Å². The molecule has 0 aliphatic carbocycles. The van der Waals surface area contributed by atoms with Gasteiger partial charge in [-0.25, -0.2) is 8.78 Å². The van der Waals surface area contributed by atoms with Crippen LogP contribution < -0.4 is 5.32 Å². The summed E-state index contributed by atoms with van der Waals surface area (Å²) in [6.45, 7) is 3.89. The molecule has 16 heavy (non-hydrogen) atoms. The molecule has 90 valence electrons. The van der Waals surface area contributed by atoms with E-state index in [-0.39, 0.29) is 24.3 Å². The molecule has 0 amide bonds. The lowest BCUT2D eigenvalue weighted by Crippen LogP contribution is -2.30. The van der Waals surface area contributed by atoms with Crippen LogP contribution in [0.2, 0.25) is 0 Å². The summed E-state index contributed by atoms with van der Waals surface area (Å²) in [5, 5.41) is 12.4. The average molecular weight is 229 g/mol. The van der Waals surface area contributed by atoms with E-state index in [9.17, 15) is 13.9 Å². The molecule has 0 aliphatic rings. The lowest BCUT2D eigenvalue weighted by atomic mass is 10.0. The number of aliphatic hydroxyl groups is 1. The third kappa shape index (κ3) is 3.54. The maximum Gasteiger partial charge on any atom is 0.263 e. The largest absolute Gasteiger partial charge is 0.394 e. The SMILES string of the molecule is CC(C)NC(CO)c1ccc(C(F)F)cc1. The quantitative estimate of drug-likeness (QED) is 0.813. The van der Waals surface area contributed by atoms with E-state index in [1.807, 2.05) is 13.8 Å². The van der Waals surface area contributed by atoms with Crippen LogP contribution in [0.1, 0.15) is 37.4 Å². The standard InChI is InChI=1S/C12H17F2NO/c1-8(2)15-11(7-16)9-3-5-10(6-4-9)12(13)14/h3-6,8,11-12,15-16H,7H2,1-2H3. The molecule has 0 saturated heterocycles. The normalized spacial score (nSPS) is 13.4. The van der Waals surface area contributed by atoms with Crippen LogP contribution in [0.4, 0.5) is 8.78 Å². The van der Waals surface area contributed by atoms with Crippen LogP contribution in [0, 0.1) is 0 Å². The molecule has 1 rings (SSSR count). The van der Waals surface area contributed by atoms with Gasteiger partial charge in [-0.15, -0.1) is 0 Å². The Morgan fingerprint density at radius 2 is 1.62 bits per heavy atom. The summed E-state index contributed by atoms with van der Waals surface area (Å²) in [6.07, 6.45) is -2.44. The molecule has 0 radical (unpaired) electrons. The zero-order chi connectivity index (χ0) is 12.1. The van der Waals surface area contributed by atoms with Gasteiger partial charge in [0.15, 0.2) is 0 Å². The van der Waals surface area contributed by atoms with Crippen molar-refractivity contribution < 1.29 is 13.9 Å². The Balaban J connectivity index is 2.78. The highest BCUT2D eigenvalue weighted by molar-refractivity contribution is 5.25. The van der Waals surface area contributed by atoms with Crippen LogP contribution >= 0.6 is 0 Å². The van der Waals surface area contributed by atoms with E-state index >= 15 is 0 Å². The minimum absolute atomic E-state index is 0.00462. The number of aliphatic hydroxyl groups excluding tert-OH is 1. The number of halogens is 2. The van der Waals surface area contributed by atoms with Gasteiger partial charge in [0, 0.05) is 11.6 Å². The van der Waals surface area contributed by atoms with E-state index in [2.05, 4.69) is 5.32 Å². The van der Waals surface area contributed by atoms with Gasteiger partial charge in [0.1, 0.15) is 0 Å². The van der Waals surface area contributed by atoms with Crippen molar-refractivity contribution in [1.82, 2.24) is 5.32 Å². The van der Waals surface area contributed by atoms with Crippen molar-refractivity contribution in [3.63, 3.8) is 0 Å². The van der Waals surface area contributed by atoms with E-state index in [1.54, 1.807) is 12.1 Å². The second-order valence-electron chi connectivity index (χ2n) is 4.02. The molecule has 0 aliphatic heterocycles. The average Bonchev–Trinajstić information content (AvgIpc) is 2.25. The molecule has 1 aromatic carbocycles. The predicted molar refractivity (Wildman–Crippen MR) is 59.5 cm³/mol. The first-order valence-electron chi connectivity index (χ1n) is 5.29. The molecule has 2 nitrogen and oxygen atoms in total. The molecule has 1 atom stereocenters.